The lowest BCUT2D eigenvalue weighted by Crippen LogP contribution is -2.18. The van der Waals surface area contributed by atoms with E-state index < -0.39 is 17.7 Å². The van der Waals surface area contributed by atoms with Crippen molar-refractivity contribution in [3.05, 3.63) is 58.0 Å². The van der Waals surface area contributed by atoms with Gasteiger partial charge in [0.15, 0.2) is 11.6 Å². The average molecular weight is 286 g/mol. The fourth-order valence-electron chi connectivity index (χ4n) is 1.95. The van der Waals surface area contributed by atoms with Crippen LogP contribution in [-0.2, 0) is 6.42 Å². The van der Waals surface area contributed by atoms with E-state index in [1.807, 2.05) is 13.0 Å². The minimum Gasteiger partial charge on any atom is -0.464 e. The Balaban J connectivity index is 2.44. The molecule has 0 radical (unpaired) electrons. The van der Waals surface area contributed by atoms with Crippen molar-refractivity contribution in [1.29, 1.82) is 0 Å². The summed E-state index contributed by atoms with van der Waals surface area (Å²) in [5.41, 5.74) is 0.445. The Labute approximate surface area is 115 Å². The fraction of sp³-hybridized carbons (Fsp3) is 0.286. The molecule has 0 amide bonds. The molecule has 1 aromatic carbocycles. The minimum absolute atomic E-state index is 0.160. The molecule has 2 nitrogen and oxygen atoms in total. The maximum atomic E-state index is 13.4. The summed E-state index contributed by atoms with van der Waals surface area (Å²) in [7, 11) is 1.70. The van der Waals surface area contributed by atoms with E-state index >= 15 is 0 Å². The Hall–Kier alpha value is -1.39. The first kappa shape index (κ1) is 14.0. The maximum absolute atomic E-state index is 13.4. The molecule has 0 fully saturated rings. The van der Waals surface area contributed by atoms with Gasteiger partial charge >= 0.3 is 0 Å². The van der Waals surface area contributed by atoms with Crippen molar-refractivity contribution in [2.45, 2.75) is 19.4 Å². The average Bonchev–Trinajstić information content (AvgIpc) is 2.85. The first-order chi connectivity index (χ1) is 9.06. The molecule has 19 heavy (non-hydrogen) atoms. The summed E-state index contributed by atoms with van der Waals surface area (Å²) in [5, 5.41) is 3.15. The van der Waals surface area contributed by atoms with E-state index in [1.165, 1.54) is 0 Å². The molecule has 0 spiro atoms. The van der Waals surface area contributed by atoms with Crippen molar-refractivity contribution in [1.82, 2.24) is 5.32 Å². The predicted molar refractivity (Wildman–Crippen MR) is 70.4 cm³/mol. The normalized spacial score (nSPS) is 12.7. The number of nitrogens with one attached hydrogen (secondary N) is 1. The van der Waals surface area contributed by atoms with Gasteiger partial charge in [0, 0.05) is 11.4 Å². The molecular weight excluding hydrogens is 272 g/mol. The van der Waals surface area contributed by atoms with Gasteiger partial charge in [-0.05, 0) is 36.9 Å². The molecule has 0 aliphatic heterocycles. The summed E-state index contributed by atoms with van der Waals surface area (Å²) < 4.78 is 32.1. The van der Waals surface area contributed by atoms with Crippen LogP contribution in [0, 0.1) is 11.6 Å². The van der Waals surface area contributed by atoms with E-state index in [2.05, 4.69) is 5.32 Å². The van der Waals surface area contributed by atoms with Gasteiger partial charge in [-0.2, -0.15) is 0 Å². The van der Waals surface area contributed by atoms with Crippen LogP contribution in [0.3, 0.4) is 0 Å². The highest BCUT2D eigenvalue weighted by molar-refractivity contribution is 6.31. The third-order valence-corrected chi connectivity index (χ3v) is 3.28. The van der Waals surface area contributed by atoms with Crippen molar-refractivity contribution in [3.63, 3.8) is 0 Å². The number of benzene rings is 1. The van der Waals surface area contributed by atoms with Crippen LogP contribution in [-0.4, -0.2) is 7.05 Å². The van der Waals surface area contributed by atoms with Crippen LogP contribution in [0.4, 0.5) is 8.78 Å². The van der Waals surface area contributed by atoms with Gasteiger partial charge in [-0.1, -0.05) is 18.5 Å². The van der Waals surface area contributed by atoms with Gasteiger partial charge in [0.05, 0.1) is 6.04 Å². The number of hydrogen-bond donors (Lipinski definition) is 1. The first-order valence-electron chi connectivity index (χ1n) is 5.97. The number of rotatable bonds is 4. The Kier molecular flexibility index (Phi) is 4.22. The number of halogens is 3. The van der Waals surface area contributed by atoms with Crippen LogP contribution in [0.5, 0.6) is 0 Å². The second-order valence-electron chi connectivity index (χ2n) is 4.17. The van der Waals surface area contributed by atoms with E-state index in [-0.39, 0.29) is 5.02 Å². The summed E-state index contributed by atoms with van der Waals surface area (Å²) >= 11 is 5.98. The number of aryl methyl sites for hydroxylation is 1. The lowest BCUT2D eigenvalue weighted by atomic mass is 10.0. The van der Waals surface area contributed by atoms with Gasteiger partial charge in [0.2, 0.25) is 0 Å². The molecule has 102 valence electrons. The van der Waals surface area contributed by atoms with Gasteiger partial charge in [-0.15, -0.1) is 0 Å². The molecule has 1 aromatic heterocycles. The predicted octanol–water partition coefficient (Wildman–Crippen LogP) is 4.08. The Morgan fingerprint density at radius 1 is 1.26 bits per heavy atom. The van der Waals surface area contributed by atoms with Crippen molar-refractivity contribution in [2.75, 3.05) is 7.05 Å². The lowest BCUT2D eigenvalue weighted by Gasteiger charge is -2.16. The molecule has 1 unspecified atom stereocenters. The highest BCUT2D eigenvalue weighted by atomic mass is 35.5. The molecule has 1 N–H and O–H groups in total. The van der Waals surface area contributed by atoms with Gasteiger partial charge in [0.1, 0.15) is 11.5 Å². The van der Waals surface area contributed by atoms with Crippen LogP contribution in [0.1, 0.15) is 30.0 Å². The molecule has 5 heteroatoms. The minimum atomic E-state index is -0.961. The lowest BCUT2D eigenvalue weighted by molar-refractivity contribution is 0.432. The third-order valence-electron chi connectivity index (χ3n) is 2.95. The molecule has 0 bridgehead atoms. The molecule has 1 atom stereocenters. The highest BCUT2D eigenvalue weighted by Crippen LogP contribution is 2.31. The molecule has 0 saturated heterocycles. The molecule has 0 aliphatic carbocycles. The number of furan rings is 1. The Morgan fingerprint density at radius 3 is 2.53 bits per heavy atom. The van der Waals surface area contributed by atoms with Crippen LogP contribution in [0.2, 0.25) is 5.02 Å². The SMILES string of the molecule is CCc1ccc(C(NC)c2cc(F)c(F)cc2Cl)o1. The molecular formula is C14H14ClF2NO. The van der Waals surface area contributed by atoms with Gasteiger partial charge in [0.25, 0.3) is 0 Å². The quantitative estimate of drug-likeness (QED) is 0.856. The summed E-state index contributed by atoms with van der Waals surface area (Å²) in [6, 6.07) is 5.31. The van der Waals surface area contributed by atoms with E-state index in [0.29, 0.717) is 11.3 Å². The van der Waals surface area contributed by atoms with E-state index in [4.69, 9.17) is 16.0 Å². The second kappa shape index (κ2) is 5.72. The molecule has 2 rings (SSSR count). The first-order valence-corrected chi connectivity index (χ1v) is 6.35. The van der Waals surface area contributed by atoms with Crippen LogP contribution < -0.4 is 5.32 Å². The standard InChI is InChI=1S/C14H14ClF2NO/c1-3-8-4-5-13(19-8)14(18-2)9-6-11(16)12(17)7-10(9)15/h4-7,14,18H,3H2,1-2H3. The van der Waals surface area contributed by atoms with Gasteiger partial charge in [-0.3, -0.25) is 0 Å². The van der Waals surface area contributed by atoms with E-state index in [0.717, 1.165) is 24.3 Å². The van der Waals surface area contributed by atoms with Gasteiger partial charge in [-0.25, -0.2) is 8.78 Å². The van der Waals surface area contributed by atoms with Crippen molar-refractivity contribution in [2.24, 2.45) is 0 Å². The zero-order chi connectivity index (χ0) is 14.0. The number of hydrogen-bond acceptors (Lipinski definition) is 2. The van der Waals surface area contributed by atoms with Crippen molar-refractivity contribution in [3.8, 4) is 0 Å². The van der Waals surface area contributed by atoms with E-state index in [1.54, 1.807) is 13.1 Å². The molecule has 0 aliphatic rings. The summed E-state index contributed by atoms with van der Waals surface area (Å²) in [5.74, 6) is -0.444. The summed E-state index contributed by atoms with van der Waals surface area (Å²) in [4.78, 5) is 0. The summed E-state index contributed by atoms with van der Waals surface area (Å²) in [6.45, 7) is 1.97. The van der Waals surface area contributed by atoms with Crippen LogP contribution >= 0.6 is 11.6 Å². The third kappa shape index (κ3) is 2.80. The summed E-state index contributed by atoms with van der Waals surface area (Å²) in [6.07, 6.45) is 0.766. The topological polar surface area (TPSA) is 25.2 Å². The molecule has 0 saturated carbocycles. The Bertz CT molecular complexity index is 583. The zero-order valence-corrected chi connectivity index (χ0v) is 11.4. The highest BCUT2D eigenvalue weighted by Gasteiger charge is 2.21. The van der Waals surface area contributed by atoms with E-state index in [9.17, 15) is 8.78 Å². The Morgan fingerprint density at radius 2 is 1.95 bits per heavy atom. The second-order valence-corrected chi connectivity index (χ2v) is 4.57. The molecule has 2 aromatic rings. The monoisotopic (exact) mass is 285 g/mol. The fourth-order valence-corrected chi connectivity index (χ4v) is 2.21. The largest absolute Gasteiger partial charge is 0.464 e. The zero-order valence-electron chi connectivity index (χ0n) is 10.6. The van der Waals surface area contributed by atoms with Gasteiger partial charge < -0.3 is 9.73 Å². The maximum Gasteiger partial charge on any atom is 0.160 e. The van der Waals surface area contributed by atoms with Crippen LogP contribution in [0.15, 0.2) is 28.7 Å². The van der Waals surface area contributed by atoms with Crippen molar-refractivity contribution < 1.29 is 13.2 Å². The van der Waals surface area contributed by atoms with Crippen molar-refractivity contribution >= 4 is 11.6 Å². The van der Waals surface area contributed by atoms with Crippen LogP contribution in [0.25, 0.3) is 0 Å². The molecule has 1 heterocycles. The smallest absolute Gasteiger partial charge is 0.160 e.